The number of pyridine rings is 1. The van der Waals surface area contributed by atoms with E-state index in [1.807, 2.05) is 12.1 Å². The van der Waals surface area contributed by atoms with Gasteiger partial charge in [0.25, 0.3) is 5.89 Å². The summed E-state index contributed by atoms with van der Waals surface area (Å²) < 4.78 is 5.34. The minimum absolute atomic E-state index is 0. The van der Waals surface area contributed by atoms with Gasteiger partial charge in [0.1, 0.15) is 0 Å². The first-order chi connectivity index (χ1) is 11.8. The van der Waals surface area contributed by atoms with Crippen LogP contribution in [0.5, 0.6) is 0 Å². The van der Waals surface area contributed by atoms with Gasteiger partial charge in [-0.25, -0.2) is 0 Å². The number of nitrogens with two attached hydrogens (primary N) is 1. The van der Waals surface area contributed by atoms with E-state index in [0.29, 0.717) is 23.0 Å². The van der Waals surface area contributed by atoms with Crippen LogP contribution < -0.4 is 10.6 Å². The molecule has 0 amide bonds. The van der Waals surface area contributed by atoms with Crippen LogP contribution in [0.2, 0.25) is 0 Å². The second-order valence-corrected chi connectivity index (χ2v) is 5.98. The third-order valence-corrected chi connectivity index (χ3v) is 4.36. The number of piperidine rings is 1. The summed E-state index contributed by atoms with van der Waals surface area (Å²) >= 11 is 0. The van der Waals surface area contributed by atoms with E-state index in [9.17, 15) is 0 Å². The van der Waals surface area contributed by atoms with Gasteiger partial charge in [-0.15, -0.1) is 12.4 Å². The Kier molecular flexibility index (Phi) is 5.19. The number of anilines is 2. The summed E-state index contributed by atoms with van der Waals surface area (Å²) in [6, 6.07) is 10.0. The molecule has 0 spiro atoms. The van der Waals surface area contributed by atoms with Crippen LogP contribution in [0.3, 0.4) is 0 Å². The van der Waals surface area contributed by atoms with E-state index in [-0.39, 0.29) is 12.4 Å². The Morgan fingerprint density at radius 3 is 2.48 bits per heavy atom. The predicted octanol–water partition coefficient (Wildman–Crippen LogP) is 3.79. The second kappa shape index (κ2) is 7.53. The minimum atomic E-state index is 0. The van der Waals surface area contributed by atoms with E-state index in [4.69, 9.17) is 10.3 Å². The van der Waals surface area contributed by atoms with Crippen LogP contribution in [-0.2, 0) is 0 Å². The van der Waals surface area contributed by atoms with Crippen LogP contribution in [0.25, 0.3) is 22.8 Å². The SMILES string of the molecule is Cl.Nc1ccncc1-c1nc(-c2ccc(N3CCCCC3)cc2)no1. The molecule has 3 heterocycles. The zero-order valence-electron chi connectivity index (χ0n) is 13.8. The van der Waals surface area contributed by atoms with E-state index in [2.05, 4.69) is 32.2 Å². The highest BCUT2D eigenvalue weighted by molar-refractivity contribution is 5.85. The summed E-state index contributed by atoms with van der Waals surface area (Å²) in [5.74, 6) is 0.939. The number of benzene rings is 1. The summed E-state index contributed by atoms with van der Waals surface area (Å²) in [5.41, 5.74) is 9.33. The smallest absolute Gasteiger partial charge is 0.261 e. The van der Waals surface area contributed by atoms with Crippen molar-refractivity contribution in [1.29, 1.82) is 0 Å². The molecule has 0 unspecified atom stereocenters. The van der Waals surface area contributed by atoms with E-state index in [1.54, 1.807) is 18.5 Å². The first-order valence-corrected chi connectivity index (χ1v) is 8.20. The molecule has 0 bridgehead atoms. The molecule has 0 radical (unpaired) electrons. The maximum absolute atomic E-state index is 5.93. The molecule has 0 atom stereocenters. The van der Waals surface area contributed by atoms with Crippen LogP contribution in [-0.4, -0.2) is 28.2 Å². The fraction of sp³-hybridized carbons (Fsp3) is 0.278. The van der Waals surface area contributed by atoms with Gasteiger partial charge in [0.2, 0.25) is 5.82 Å². The number of aromatic nitrogens is 3. The van der Waals surface area contributed by atoms with Crippen molar-refractivity contribution in [2.24, 2.45) is 0 Å². The third-order valence-electron chi connectivity index (χ3n) is 4.36. The zero-order valence-corrected chi connectivity index (χ0v) is 14.6. The molecule has 0 saturated carbocycles. The lowest BCUT2D eigenvalue weighted by atomic mass is 10.1. The maximum Gasteiger partial charge on any atom is 0.261 e. The molecule has 3 aromatic rings. The van der Waals surface area contributed by atoms with Gasteiger partial charge in [-0.2, -0.15) is 4.98 Å². The molecule has 1 aliphatic rings. The van der Waals surface area contributed by atoms with Crippen molar-refractivity contribution in [2.45, 2.75) is 19.3 Å². The highest BCUT2D eigenvalue weighted by Crippen LogP contribution is 2.27. The van der Waals surface area contributed by atoms with E-state index in [1.165, 1.54) is 24.9 Å². The van der Waals surface area contributed by atoms with Gasteiger partial charge in [-0.1, -0.05) is 5.16 Å². The first kappa shape index (κ1) is 17.2. The van der Waals surface area contributed by atoms with E-state index >= 15 is 0 Å². The quantitative estimate of drug-likeness (QED) is 0.768. The highest BCUT2D eigenvalue weighted by Gasteiger charge is 2.14. The summed E-state index contributed by atoms with van der Waals surface area (Å²) in [6.45, 7) is 2.26. The summed E-state index contributed by atoms with van der Waals surface area (Å²) in [4.78, 5) is 10.9. The third kappa shape index (κ3) is 3.58. The predicted molar refractivity (Wildman–Crippen MR) is 101 cm³/mol. The molecule has 1 aromatic carbocycles. The van der Waals surface area contributed by atoms with Crippen molar-refractivity contribution in [3.8, 4) is 22.8 Å². The van der Waals surface area contributed by atoms with Crippen molar-refractivity contribution in [3.05, 3.63) is 42.7 Å². The molecule has 1 aliphatic heterocycles. The number of hydrogen-bond acceptors (Lipinski definition) is 6. The molecule has 1 saturated heterocycles. The monoisotopic (exact) mass is 357 g/mol. The van der Waals surface area contributed by atoms with Gasteiger partial charge < -0.3 is 15.2 Å². The summed E-state index contributed by atoms with van der Waals surface area (Å²) in [7, 11) is 0. The van der Waals surface area contributed by atoms with Crippen molar-refractivity contribution in [3.63, 3.8) is 0 Å². The number of hydrogen-bond donors (Lipinski definition) is 1. The molecule has 7 heteroatoms. The average Bonchev–Trinajstić information content (AvgIpc) is 3.13. The summed E-state index contributed by atoms with van der Waals surface area (Å²) in [6.07, 6.45) is 7.13. The van der Waals surface area contributed by atoms with Crippen molar-refractivity contribution in [2.75, 3.05) is 23.7 Å². The topological polar surface area (TPSA) is 81.1 Å². The van der Waals surface area contributed by atoms with Gasteiger partial charge in [0.15, 0.2) is 0 Å². The van der Waals surface area contributed by atoms with E-state index < -0.39 is 0 Å². The molecular weight excluding hydrogens is 338 g/mol. The fourth-order valence-electron chi connectivity index (χ4n) is 3.01. The Bertz CT molecular complexity index is 827. The van der Waals surface area contributed by atoms with Gasteiger partial charge >= 0.3 is 0 Å². The Balaban J connectivity index is 0.00000182. The molecule has 6 nitrogen and oxygen atoms in total. The lowest BCUT2D eigenvalue weighted by Gasteiger charge is -2.28. The molecule has 0 aliphatic carbocycles. The second-order valence-electron chi connectivity index (χ2n) is 5.98. The van der Waals surface area contributed by atoms with Crippen molar-refractivity contribution < 1.29 is 4.52 Å². The molecule has 130 valence electrons. The Morgan fingerprint density at radius 1 is 1.00 bits per heavy atom. The fourth-order valence-corrected chi connectivity index (χ4v) is 3.01. The highest BCUT2D eigenvalue weighted by atomic mass is 35.5. The molecule has 25 heavy (non-hydrogen) atoms. The molecule has 2 aromatic heterocycles. The largest absolute Gasteiger partial charge is 0.398 e. The van der Waals surface area contributed by atoms with Crippen LogP contribution >= 0.6 is 12.4 Å². The van der Waals surface area contributed by atoms with Gasteiger partial charge in [-0.05, 0) is 49.6 Å². The lowest BCUT2D eigenvalue weighted by Crippen LogP contribution is -2.29. The van der Waals surface area contributed by atoms with Crippen LogP contribution in [0, 0.1) is 0 Å². The molecular formula is C18H20ClN5O. The Hall–Kier alpha value is -2.60. The van der Waals surface area contributed by atoms with Crippen molar-refractivity contribution in [1.82, 2.24) is 15.1 Å². The summed E-state index contributed by atoms with van der Waals surface area (Å²) in [5, 5.41) is 4.06. The molecule has 4 rings (SSSR count). The van der Waals surface area contributed by atoms with Crippen LogP contribution in [0.15, 0.2) is 47.2 Å². The normalized spacial score (nSPS) is 14.2. The minimum Gasteiger partial charge on any atom is -0.398 e. The number of halogens is 1. The van der Waals surface area contributed by atoms with Gasteiger partial charge in [0, 0.05) is 42.4 Å². The Labute approximate surface area is 152 Å². The standard InChI is InChI=1S/C18H19N5O.ClH/c19-16-8-9-20-12-15(16)18-21-17(22-24-18)13-4-6-14(7-5-13)23-10-2-1-3-11-23;/h4-9,12H,1-3,10-11H2,(H2,19,20);1H. The number of nitrogens with zero attached hydrogens (tertiary/aromatic N) is 4. The van der Waals surface area contributed by atoms with E-state index in [0.717, 1.165) is 18.7 Å². The van der Waals surface area contributed by atoms with Gasteiger partial charge in [0.05, 0.1) is 5.56 Å². The molecule has 2 N–H and O–H groups in total. The number of nitrogen functional groups attached to an aromatic ring is 1. The Morgan fingerprint density at radius 2 is 1.76 bits per heavy atom. The van der Waals surface area contributed by atoms with Crippen molar-refractivity contribution >= 4 is 23.8 Å². The lowest BCUT2D eigenvalue weighted by molar-refractivity contribution is 0.432. The maximum atomic E-state index is 5.93. The van der Waals surface area contributed by atoms with Crippen LogP contribution in [0.4, 0.5) is 11.4 Å². The zero-order chi connectivity index (χ0) is 16.4. The number of rotatable bonds is 3. The molecule has 1 fully saturated rings. The average molecular weight is 358 g/mol. The first-order valence-electron chi connectivity index (χ1n) is 8.20. The van der Waals surface area contributed by atoms with Gasteiger partial charge in [-0.3, -0.25) is 4.98 Å². The van der Waals surface area contributed by atoms with Crippen LogP contribution in [0.1, 0.15) is 19.3 Å².